The summed E-state index contributed by atoms with van der Waals surface area (Å²) in [6, 6.07) is 0. The minimum absolute atomic E-state index is 0.0479. The third kappa shape index (κ3) is 9.48. The molecular weight excluding hydrogens is 582 g/mol. The zero-order chi connectivity index (χ0) is 32.6. The first-order valence-electron chi connectivity index (χ1n) is 14.3. The highest BCUT2D eigenvalue weighted by molar-refractivity contribution is 6.24. The number of ether oxygens (including phenoxy) is 6. The van der Waals surface area contributed by atoms with Gasteiger partial charge in [0.15, 0.2) is 13.2 Å². The second-order valence-electron chi connectivity index (χ2n) is 9.69. The van der Waals surface area contributed by atoms with Crippen molar-refractivity contribution in [1.82, 2.24) is 0 Å². The smallest absolute Gasteiger partial charge is 0.477 e. The summed E-state index contributed by atoms with van der Waals surface area (Å²) in [4.78, 5) is 71.5. The van der Waals surface area contributed by atoms with Crippen LogP contribution in [0.3, 0.4) is 0 Å². The van der Waals surface area contributed by atoms with Gasteiger partial charge >= 0.3 is 5.09 Å². The molecular formula is C30H42NO13+. The van der Waals surface area contributed by atoms with Crippen LogP contribution in [0.15, 0.2) is 45.3 Å². The molecule has 244 valence electrons. The standard InChI is InChI=1S/C30H42NO13/c1-19-21(25(34)29(39-5)27(37-3)23(19)32)11-7-13-41-15-9-17-43-31(36)44-18-10-16-42-14-8-12-22-20(2)24(33)28(38-4)30(40-6)26(22)35/h7-18H2,1-6H3/q+1. The lowest BCUT2D eigenvalue weighted by atomic mass is 9.90. The molecule has 2 aliphatic rings. The number of hydrogen-bond donors (Lipinski definition) is 0. The van der Waals surface area contributed by atoms with Gasteiger partial charge in [-0.15, -0.1) is 0 Å². The van der Waals surface area contributed by atoms with E-state index < -0.39 is 0 Å². The van der Waals surface area contributed by atoms with E-state index >= 15 is 0 Å². The lowest BCUT2D eigenvalue weighted by Gasteiger charge is -2.20. The molecule has 0 aromatic rings. The average molecular weight is 625 g/mol. The molecule has 0 N–H and O–H groups in total. The minimum atomic E-state index is -0.369. The quantitative estimate of drug-likeness (QED) is 0.0983. The van der Waals surface area contributed by atoms with Gasteiger partial charge in [-0.05, 0) is 39.5 Å². The van der Waals surface area contributed by atoms with Gasteiger partial charge in [-0.25, -0.2) is 0 Å². The molecule has 2 rings (SSSR count). The van der Waals surface area contributed by atoms with E-state index in [2.05, 4.69) is 0 Å². The number of allylic oxidation sites excluding steroid dienone is 4. The number of ketones is 4. The van der Waals surface area contributed by atoms with Gasteiger partial charge in [-0.2, -0.15) is 9.68 Å². The van der Waals surface area contributed by atoms with E-state index in [9.17, 15) is 24.1 Å². The van der Waals surface area contributed by atoms with Gasteiger partial charge in [-0.1, -0.05) is 0 Å². The lowest BCUT2D eigenvalue weighted by molar-refractivity contribution is -0.981. The topological polar surface area (TPSA) is 162 Å². The molecule has 0 spiro atoms. The highest BCUT2D eigenvalue weighted by Gasteiger charge is 2.35. The van der Waals surface area contributed by atoms with Crippen molar-refractivity contribution in [3.8, 4) is 0 Å². The maximum absolute atomic E-state index is 12.6. The normalized spacial score (nSPS) is 15.8. The van der Waals surface area contributed by atoms with Crippen molar-refractivity contribution in [2.45, 2.75) is 52.4 Å². The van der Waals surface area contributed by atoms with Gasteiger partial charge in [0, 0.05) is 48.3 Å². The molecule has 2 aliphatic carbocycles. The Hall–Kier alpha value is -4.04. The minimum Gasteiger partial charge on any atom is -0.489 e. The van der Waals surface area contributed by atoms with E-state index in [4.69, 9.17) is 38.1 Å². The summed E-state index contributed by atoms with van der Waals surface area (Å²) in [6.45, 7) is 4.71. The van der Waals surface area contributed by atoms with Crippen LogP contribution in [-0.4, -0.2) is 96.3 Å². The summed E-state index contributed by atoms with van der Waals surface area (Å²) in [5, 5.41) is 0.0479. The molecule has 0 atom stereocenters. The number of Topliss-reactive ketones (excluding diaryl/α,β-unsaturated/α-hetero) is 4. The molecule has 0 saturated heterocycles. The number of rotatable bonds is 22. The van der Waals surface area contributed by atoms with Crippen molar-refractivity contribution in [2.24, 2.45) is 0 Å². The van der Waals surface area contributed by atoms with Gasteiger partial charge in [-0.3, -0.25) is 19.2 Å². The van der Waals surface area contributed by atoms with Gasteiger partial charge < -0.3 is 28.4 Å². The molecule has 0 aliphatic heterocycles. The van der Waals surface area contributed by atoms with Gasteiger partial charge in [0.2, 0.25) is 46.2 Å². The summed E-state index contributed by atoms with van der Waals surface area (Å²) in [7, 11) is 5.27. The Balaban J connectivity index is 1.50. The second kappa shape index (κ2) is 18.6. The first-order valence-corrected chi connectivity index (χ1v) is 14.3. The van der Waals surface area contributed by atoms with Crippen molar-refractivity contribution in [2.75, 3.05) is 68.1 Å². The van der Waals surface area contributed by atoms with E-state index in [0.29, 0.717) is 87.2 Å². The zero-order valence-electron chi connectivity index (χ0n) is 26.2. The fourth-order valence-electron chi connectivity index (χ4n) is 4.53. The van der Waals surface area contributed by atoms with Crippen LogP contribution in [0.25, 0.3) is 0 Å². The molecule has 0 radical (unpaired) electrons. The van der Waals surface area contributed by atoms with E-state index in [-0.39, 0.29) is 64.5 Å². The molecule has 0 aromatic heterocycles. The highest BCUT2D eigenvalue weighted by atomic mass is 17.0. The fourth-order valence-corrected chi connectivity index (χ4v) is 4.53. The van der Waals surface area contributed by atoms with E-state index in [1.54, 1.807) is 13.8 Å². The van der Waals surface area contributed by atoms with Crippen LogP contribution in [0.4, 0.5) is 0 Å². The van der Waals surface area contributed by atoms with E-state index in [0.717, 1.165) is 0 Å². The Morgan fingerprint density at radius 3 is 1.14 bits per heavy atom. The highest BCUT2D eigenvalue weighted by Crippen LogP contribution is 2.29. The summed E-state index contributed by atoms with van der Waals surface area (Å²) >= 11 is 0. The van der Waals surface area contributed by atoms with Crippen molar-refractivity contribution in [3.63, 3.8) is 0 Å². The molecule has 14 nitrogen and oxygen atoms in total. The summed E-state index contributed by atoms with van der Waals surface area (Å²) < 4.78 is 31.2. The molecule has 14 heteroatoms. The predicted molar refractivity (Wildman–Crippen MR) is 152 cm³/mol. The van der Waals surface area contributed by atoms with Crippen molar-refractivity contribution < 1.29 is 62.4 Å². The molecule has 0 unspecified atom stereocenters. The number of carbonyl (C=O) groups is 4. The molecule has 0 fully saturated rings. The van der Waals surface area contributed by atoms with Crippen LogP contribution in [0, 0.1) is 4.91 Å². The van der Waals surface area contributed by atoms with Crippen LogP contribution in [0.5, 0.6) is 0 Å². The van der Waals surface area contributed by atoms with Crippen molar-refractivity contribution in [3.05, 3.63) is 50.2 Å². The Bertz CT molecular complexity index is 1130. The molecule has 0 aromatic carbocycles. The molecule has 0 amide bonds. The van der Waals surface area contributed by atoms with Crippen molar-refractivity contribution in [1.29, 1.82) is 0 Å². The fraction of sp³-hybridized carbons (Fsp3) is 0.600. The maximum atomic E-state index is 12.6. The Kier molecular flexibility index (Phi) is 15.3. The molecule has 0 heterocycles. The first-order chi connectivity index (χ1) is 21.1. The Morgan fingerprint density at radius 1 is 0.477 bits per heavy atom. The van der Waals surface area contributed by atoms with E-state index in [1.807, 2.05) is 0 Å². The first kappa shape index (κ1) is 36.2. The monoisotopic (exact) mass is 624 g/mol. The zero-order valence-corrected chi connectivity index (χ0v) is 26.2. The third-order valence-electron chi connectivity index (χ3n) is 6.88. The summed E-state index contributed by atoms with van der Waals surface area (Å²) in [5.41, 5.74) is 1.43. The molecule has 0 saturated carbocycles. The Morgan fingerprint density at radius 2 is 0.795 bits per heavy atom. The SMILES string of the molecule is COC1=C(OC)C(=O)C(CCCOCCCO[N+](=O)OCCCOCCCC2=C(C)C(=O)C(OC)=C(OC)C2=O)=C(C)C1=O. The summed E-state index contributed by atoms with van der Waals surface area (Å²) in [6.07, 6.45) is 2.61. The number of carbonyl (C=O) groups excluding carboxylic acids is 4. The number of nitrogens with zero attached hydrogens (tertiary/aromatic N) is 1. The number of methoxy groups -OCH3 is 4. The summed E-state index contributed by atoms with van der Waals surface area (Å²) in [5.74, 6) is -1.82. The maximum Gasteiger partial charge on any atom is 0.477 e. The van der Waals surface area contributed by atoms with Crippen molar-refractivity contribution >= 4 is 23.1 Å². The average Bonchev–Trinajstić information content (AvgIpc) is 3.01. The third-order valence-corrected chi connectivity index (χ3v) is 6.88. The largest absolute Gasteiger partial charge is 0.489 e. The number of hydrogen-bond acceptors (Lipinski definition) is 13. The predicted octanol–water partition coefficient (Wildman–Crippen LogP) is 2.95. The molecule has 0 bridgehead atoms. The van der Waals surface area contributed by atoms with Crippen LogP contribution in [-0.2, 0) is 57.3 Å². The van der Waals surface area contributed by atoms with Crippen LogP contribution < -0.4 is 0 Å². The lowest BCUT2D eigenvalue weighted by Crippen LogP contribution is -2.25. The van der Waals surface area contributed by atoms with Crippen LogP contribution in [0.2, 0.25) is 0 Å². The Labute approximate surface area is 256 Å². The van der Waals surface area contributed by atoms with Crippen LogP contribution >= 0.6 is 0 Å². The van der Waals surface area contributed by atoms with Gasteiger partial charge in [0.05, 0.1) is 41.7 Å². The molecule has 44 heavy (non-hydrogen) atoms. The van der Waals surface area contributed by atoms with Gasteiger partial charge in [0.1, 0.15) is 4.91 Å². The second-order valence-corrected chi connectivity index (χ2v) is 9.69. The van der Waals surface area contributed by atoms with Crippen LogP contribution in [0.1, 0.15) is 52.4 Å². The van der Waals surface area contributed by atoms with E-state index in [1.165, 1.54) is 28.4 Å². The van der Waals surface area contributed by atoms with Gasteiger partial charge in [0.25, 0.3) is 0 Å².